The Labute approximate surface area is 216 Å². The fourth-order valence-corrected chi connectivity index (χ4v) is 4.59. The van der Waals surface area contributed by atoms with Gasteiger partial charge in [0, 0.05) is 81.1 Å². The molecule has 6 nitrogen and oxygen atoms in total. The van der Waals surface area contributed by atoms with Crippen LogP contribution in [0.5, 0.6) is 0 Å². The van der Waals surface area contributed by atoms with Crippen molar-refractivity contribution >= 4 is 17.3 Å². The van der Waals surface area contributed by atoms with Gasteiger partial charge in [-0.1, -0.05) is 26.0 Å². The minimum atomic E-state index is -2.56. The van der Waals surface area contributed by atoms with E-state index in [-0.39, 0.29) is 24.7 Å². The molecule has 3 aromatic rings. The number of amides is 1. The number of nitrogens with one attached hydrogen (secondary N) is 1. The minimum Gasteiger partial charge on any atom is -0.321 e. The first kappa shape index (κ1) is 26.5. The Morgan fingerprint density at radius 3 is 2.49 bits per heavy atom. The van der Waals surface area contributed by atoms with Gasteiger partial charge in [0.1, 0.15) is 5.71 Å². The van der Waals surface area contributed by atoms with Crippen LogP contribution in [-0.4, -0.2) is 52.5 Å². The summed E-state index contributed by atoms with van der Waals surface area (Å²) in [4.78, 5) is 28.1. The lowest BCUT2D eigenvalue weighted by Gasteiger charge is -2.31. The van der Waals surface area contributed by atoms with Crippen LogP contribution in [-0.2, 0) is 11.3 Å². The summed E-state index contributed by atoms with van der Waals surface area (Å²) in [5.74, 6) is -2.62. The molecular formula is C29H33F2N5O. The summed E-state index contributed by atoms with van der Waals surface area (Å²) in [5.41, 5.74) is 5.62. The van der Waals surface area contributed by atoms with E-state index in [4.69, 9.17) is 0 Å². The third-order valence-corrected chi connectivity index (χ3v) is 6.95. The van der Waals surface area contributed by atoms with E-state index < -0.39 is 5.92 Å². The zero-order valence-corrected chi connectivity index (χ0v) is 21.5. The van der Waals surface area contributed by atoms with Crippen LogP contribution in [0.15, 0.2) is 66.2 Å². The summed E-state index contributed by atoms with van der Waals surface area (Å²) >= 11 is 0. The Hall–Kier alpha value is -3.52. The normalized spacial score (nSPS) is 16.8. The first-order valence-corrected chi connectivity index (χ1v) is 12.7. The number of hydrogen-bond acceptors (Lipinski definition) is 5. The number of aliphatic imine (C=N–C) groups is 1. The fourth-order valence-electron chi connectivity index (χ4n) is 4.59. The smallest absolute Gasteiger partial charge is 0.274 e. The molecule has 0 radical (unpaired) electrons. The Morgan fingerprint density at radius 1 is 1.08 bits per heavy atom. The summed E-state index contributed by atoms with van der Waals surface area (Å²) in [6.45, 7) is 5.56. The van der Waals surface area contributed by atoms with E-state index in [0.717, 1.165) is 34.2 Å². The van der Waals surface area contributed by atoms with Crippen LogP contribution in [0.2, 0.25) is 0 Å². The topological polar surface area (TPSA) is 70.5 Å². The number of aromatic nitrogens is 2. The van der Waals surface area contributed by atoms with Crippen molar-refractivity contribution in [1.82, 2.24) is 14.9 Å². The van der Waals surface area contributed by atoms with Crippen LogP contribution in [0, 0.1) is 0 Å². The predicted molar refractivity (Wildman–Crippen MR) is 143 cm³/mol. The van der Waals surface area contributed by atoms with Crippen LogP contribution in [0.1, 0.15) is 55.7 Å². The standard InChI is InChI=1S/C29H33F2N5O/c1-4-20(2)25-6-5-22(16-26(25)27(32-3)28(37)35-24-7-11-33-12-8-24)23-15-21(17-34-18-23)19-36-13-9-29(30,31)10-14-36/h5-8,11-12,15-18,20H,4,9-10,13-14,19H2,1-3H3,(H,33,35,37). The molecular weight excluding hydrogens is 472 g/mol. The van der Waals surface area contributed by atoms with E-state index in [0.29, 0.717) is 31.0 Å². The number of halogens is 2. The molecule has 1 aliphatic rings. The van der Waals surface area contributed by atoms with Crippen molar-refractivity contribution in [3.63, 3.8) is 0 Å². The molecule has 1 fully saturated rings. The number of likely N-dealkylation sites (tertiary alicyclic amines) is 1. The zero-order chi connectivity index (χ0) is 26.4. The van der Waals surface area contributed by atoms with Gasteiger partial charge in [-0.2, -0.15) is 0 Å². The van der Waals surface area contributed by atoms with E-state index in [9.17, 15) is 13.6 Å². The number of hydrogen-bond donors (Lipinski definition) is 1. The predicted octanol–water partition coefficient (Wildman–Crippen LogP) is 5.95. The number of piperidine rings is 1. The molecule has 1 aromatic carbocycles. The number of nitrogens with zero attached hydrogens (tertiary/aromatic N) is 4. The van der Waals surface area contributed by atoms with E-state index in [1.165, 1.54) is 0 Å². The molecule has 4 rings (SSSR count). The van der Waals surface area contributed by atoms with E-state index in [2.05, 4.69) is 40.2 Å². The molecule has 0 spiro atoms. The van der Waals surface area contributed by atoms with Gasteiger partial charge in [0.2, 0.25) is 0 Å². The summed E-state index contributed by atoms with van der Waals surface area (Å²) in [6, 6.07) is 11.6. The third kappa shape index (κ3) is 6.63. The maximum Gasteiger partial charge on any atom is 0.274 e. The molecule has 0 saturated carbocycles. The Kier molecular flexibility index (Phi) is 8.38. The van der Waals surface area contributed by atoms with Crippen molar-refractivity contribution < 1.29 is 13.6 Å². The Morgan fingerprint density at radius 2 is 1.81 bits per heavy atom. The van der Waals surface area contributed by atoms with Crippen LogP contribution < -0.4 is 5.32 Å². The average molecular weight is 506 g/mol. The van der Waals surface area contributed by atoms with Gasteiger partial charge in [-0.05, 0) is 53.3 Å². The number of anilines is 1. The van der Waals surface area contributed by atoms with E-state index >= 15 is 0 Å². The van der Waals surface area contributed by atoms with Crippen molar-refractivity contribution in [1.29, 1.82) is 0 Å². The largest absolute Gasteiger partial charge is 0.321 e. The number of pyridine rings is 2. The zero-order valence-electron chi connectivity index (χ0n) is 21.5. The first-order chi connectivity index (χ1) is 17.8. The number of benzene rings is 1. The molecule has 1 N–H and O–H groups in total. The summed E-state index contributed by atoms with van der Waals surface area (Å²) in [7, 11) is 1.62. The molecule has 1 saturated heterocycles. The Balaban J connectivity index is 1.63. The van der Waals surface area contributed by atoms with E-state index in [1.54, 1.807) is 44.0 Å². The summed E-state index contributed by atoms with van der Waals surface area (Å²) in [6.07, 6.45) is 7.52. The second kappa shape index (κ2) is 11.7. The maximum atomic E-state index is 13.5. The van der Waals surface area contributed by atoms with Crippen molar-refractivity contribution in [2.24, 2.45) is 4.99 Å². The van der Waals surface area contributed by atoms with Crippen molar-refractivity contribution in [2.75, 3.05) is 25.5 Å². The molecule has 1 unspecified atom stereocenters. The molecule has 8 heteroatoms. The van der Waals surface area contributed by atoms with Crippen LogP contribution >= 0.6 is 0 Å². The first-order valence-electron chi connectivity index (χ1n) is 12.7. The van der Waals surface area contributed by atoms with Gasteiger partial charge >= 0.3 is 0 Å². The van der Waals surface area contributed by atoms with Gasteiger partial charge in [-0.25, -0.2) is 8.78 Å². The highest BCUT2D eigenvalue weighted by atomic mass is 19.3. The molecule has 1 atom stereocenters. The molecule has 1 amide bonds. The van der Waals surface area contributed by atoms with Gasteiger partial charge in [-0.15, -0.1) is 0 Å². The summed E-state index contributed by atoms with van der Waals surface area (Å²) in [5, 5.41) is 2.91. The number of alkyl halides is 2. The van der Waals surface area contributed by atoms with Crippen molar-refractivity contribution in [3.05, 3.63) is 77.9 Å². The second-order valence-electron chi connectivity index (χ2n) is 9.59. The molecule has 0 bridgehead atoms. The number of carbonyl (C=O) groups is 1. The van der Waals surface area contributed by atoms with Gasteiger partial charge in [0.15, 0.2) is 0 Å². The number of carbonyl (C=O) groups excluding carboxylic acids is 1. The SMILES string of the molecule is CCC(C)c1ccc(-c2cncc(CN3CCC(F)(F)CC3)c2)cc1C(=NC)C(=O)Nc1ccncc1. The van der Waals surface area contributed by atoms with Gasteiger partial charge in [-0.3, -0.25) is 24.7 Å². The second-order valence-corrected chi connectivity index (χ2v) is 9.59. The van der Waals surface area contributed by atoms with Crippen LogP contribution in [0.3, 0.4) is 0 Å². The lowest BCUT2D eigenvalue weighted by Crippen LogP contribution is -2.38. The number of rotatable bonds is 8. The highest BCUT2D eigenvalue weighted by molar-refractivity contribution is 6.49. The van der Waals surface area contributed by atoms with Crippen LogP contribution in [0.4, 0.5) is 14.5 Å². The van der Waals surface area contributed by atoms with Crippen LogP contribution in [0.25, 0.3) is 11.1 Å². The lowest BCUT2D eigenvalue weighted by molar-refractivity contribution is -0.110. The highest BCUT2D eigenvalue weighted by Crippen LogP contribution is 2.31. The third-order valence-electron chi connectivity index (χ3n) is 6.95. The fraction of sp³-hybridized carbons (Fsp3) is 0.379. The molecule has 2 aromatic heterocycles. The molecule has 37 heavy (non-hydrogen) atoms. The molecule has 3 heterocycles. The Bertz CT molecular complexity index is 1250. The van der Waals surface area contributed by atoms with E-state index in [1.807, 2.05) is 23.1 Å². The van der Waals surface area contributed by atoms with Crippen molar-refractivity contribution in [3.8, 4) is 11.1 Å². The maximum absolute atomic E-state index is 13.5. The van der Waals surface area contributed by atoms with Gasteiger partial charge in [0.05, 0.1) is 0 Å². The minimum absolute atomic E-state index is 0.110. The van der Waals surface area contributed by atoms with Crippen molar-refractivity contribution in [2.45, 2.75) is 51.5 Å². The molecule has 1 aliphatic heterocycles. The highest BCUT2D eigenvalue weighted by Gasteiger charge is 2.33. The quantitative estimate of drug-likeness (QED) is 0.384. The lowest BCUT2D eigenvalue weighted by atomic mass is 9.88. The van der Waals surface area contributed by atoms with Gasteiger partial charge < -0.3 is 5.32 Å². The molecule has 0 aliphatic carbocycles. The average Bonchev–Trinajstić information content (AvgIpc) is 2.90. The molecule has 194 valence electrons. The summed E-state index contributed by atoms with van der Waals surface area (Å²) < 4.78 is 27.1. The monoisotopic (exact) mass is 505 g/mol. The van der Waals surface area contributed by atoms with Gasteiger partial charge in [0.25, 0.3) is 11.8 Å².